The van der Waals surface area contributed by atoms with Gasteiger partial charge in [-0.1, -0.05) is 30.3 Å². The average molecular weight is 229 g/mol. The van der Waals surface area contributed by atoms with E-state index in [-0.39, 0.29) is 11.9 Å². The van der Waals surface area contributed by atoms with Gasteiger partial charge in [0.15, 0.2) is 0 Å². The van der Waals surface area contributed by atoms with Gasteiger partial charge in [0, 0.05) is 0 Å². The van der Waals surface area contributed by atoms with Crippen LogP contribution in [-0.4, -0.2) is 0 Å². The fourth-order valence-corrected chi connectivity index (χ4v) is 1.99. The van der Waals surface area contributed by atoms with E-state index in [9.17, 15) is 4.39 Å². The van der Waals surface area contributed by atoms with E-state index in [0.29, 0.717) is 0 Å². The molecule has 0 aliphatic rings. The summed E-state index contributed by atoms with van der Waals surface area (Å²) < 4.78 is 13.2. The summed E-state index contributed by atoms with van der Waals surface area (Å²) in [5, 5.41) is 0. The van der Waals surface area contributed by atoms with Crippen LogP contribution < -0.4 is 5.73 Å². The predicted octanol–water partition coefficient (Wildman–Crippen LogP) is 3.49. The highest BCUT2D eigenvalue weighted by atomic mass is 19.1. The Kier molecular flexibility index (Phi) is 3.25. The van der Waals surface area contributed by atoms with E-state index in [2.05, 4.69) is 13.0 Å². The van der Waals surface area contributed by atoms with E-state index in [1.54, 1.807) is 6.07 Å². The van der Waals surface area contributed by atoms with Gasteiger partial charge in [-0.25, -0.2) is 4.39 Å². The van der Waals surface area contributed by atoms with E-state index >= 15 is 0 Å². The Morgan fingerprint density at radius 2 is 1.76 bits per heavy atom. The topological polar surface area (TPSA) is 26.0 Å². The average Bonchev–Trinajstić information content (AvgIpc) is 2.32. The fourth-order valence-electron chi connectivity index (χ4n) is 1.99. The first kappa shape index (κ1) is 11.8. The van der Waals surface area contributed by atoms with Gasteiger partial charge in [-0.15, -0.1) is 0 Å². The number of aryl methyl sites for hydroxylation is 1. The number of halogens is 1. The molecule has 17 heavy (non-hydrogen) atoms. The third kappa shape index (κ3) is 2.37. The third-order valence-electron chi connectivity index (χ3n) is 3.19. The van der Waals surface area contributed by atoms with E-state index in [1.807, 2.05) is 25.1 Å². The van der Waals surface area contributed by atoms with E-state index < -0.39 is 0 Å². The molecule has 2 heteroatoms. The molecule has 1 atom stereocenters. The zero-order chi connectivity index (χ0) is 12.4. The summed E-state index contributed by atoms with van der Waals surface area (Å²) in [5.41, 5.74) is 10.4. The largest absolute Gasteiger partial charge is 0.320 e. The van der Waals surface area contributed by atoms with Gasteiger partial charge < -0.3 is 5.73 Å². The van der Waals surface area contributed by atoms with Gasteiger partial charge in [0.25, 0.3) is 0 Å². The summed E-state index contributed by atoms with van der Waals surface area (Å²) in [6, 6.07) is 12.2. The van der Waals surface area contributed by atoms with Gasteiger partial charge >= 0.3 is 0 Å². The molecule has 2 aromatic rings. The van der Waals surface area contributed by atoms with Crippen molar-refractivity contribution < 1.29 is 4.39 Å². The minimum Gasteiger partial charge on any atom is -0.320 e. The Labute approximate surface area is 101 Å². The van der Waals surface area contributed by atoms with Crippen molar-refractivity contribution in [3.05, 3.63) is 70.5 Å². The van der Waals surface area contributed by atoms with Crippen LogP contribution >= 0.6 is 0 Å². The zero-order valence-corrected chi connectivity index (χ0v) is 10.1. The molecule has 0 heterocycles. The molecule has 0 saturated heterocycles. The van der Waals surface area contributed by atoms with Crippen LogP contribution in [0, 0.1) is 19.7 Å². The van der Waals surface area contributed by atoms with E-state index in [4.69, 9.17) is 5.73 Å². The molecule has 0 aromatic heterocycles. The lowest BCUT2D eigenvalue weighted by Crippen LogP contribution is -2.13. The van der Waals surface area contributed by atoms with E-state index in [0.717, 1.165) is 11.1 Å². The third-order valence-corrected chi connectivity index (χ3v) is 3.19. The highest BCUT2D eigenvalue weighted by Gasteiger charge is 2.12. The maximum absolute atomic E-state index is 13.2. The first-order chi connectivity index (χ1) is 8.09. The van der Waals surface area contributed by atoms with Crippen LogP contribution in [0.4, 0.5) is 4.39 Å². The quantitative estimate of drug-likeness (QED) is 0.838. The maximum atomic E-state index is 13.2. The highest BCUT2D eigenvalue weighted by molar-refractivity contribution is 5.40. The first-order valence-electron chi connectivity index (χ1n) is 5.67. The Morgan fingerprint density at radius 1 is 1.06 bits per heavy atom. The minimum absolute atomic E-state index is 0.247. The van der Waals surface area contributed by atoms with Crippen LogP contribution in [0.3, 0.4) is 0 Å². The number of nitrogens with two attached hydrogens (primary N) is 1. The molecular weight excluding hydrogens is 213 g/mol. The SMILES string of the molecule is Cc1cccc(C(N)c2cccc(F)c2)c1C. The van der Waals surface area contributed by atoms with Crippen LogP contribution in [0.2, 0.25) is 0 Å². The number of hydrogen-bond donors (Lipinski definition) is 1. The molecular formula is C15H16FN. The summed E-state index contributed by atoms with van der Waals surface area (Å²) in [6.07, 6.45) is 0. The number of benzene rings is 2. The first-order valence-corrected chi connectivity index (χ1v) is 5.67. The Hall–Kier alpha value is -1.67. The molecule has 1 unspecified atom stereocenters. The molecule has 0 fully saturated rings. The number of rotatable bonds is 2. The molecule has 0 aliphatic heterocycles. The van der Waals surface area contributed by atoms with Gasteiger partial charge in [-0.3, -0.25) is 0 Å². The monoisotopic (exact) mass is 229 g/mol. The van der Waals surface area contributed by atoms with Crippen molar-refractivity contribution in [3.63, 3.8) is 0 Å². The molecule has 2 N–H and O–H groups in total. The summed E-state index contributed by atoms with van der Waals surface area (Å²) in [4.78, 5) is 0. The smallest absolute Gasteiger partial charge is 0.123 e. The lowest BCUT2D eigenvalue weighted by atomic mass is 9.93. The van der Waals surface area contributed by atoms with Gasteiger partial charge in [0.05, 0.1) is 6.04 Å². The molecule has 0 aliphatic carbocycles. The van der Waals surface area contributed by atoms with Crippen molar-refractivity contribution in [3.8, 4) is 0 Å². The van der Waals surface area contributed by atoms with Gasteiger partial charge in [0.1, 0.15) is 5.82 Å². The zero-order valence-electron chi connectivity index (χ0n) is 10.1. The van der Waals surface area contributed by atoms with Gasteiger partial charge in [0.2, 0.25) is 0 Å². The lowest BCUT2D eigenvalue weighted by Gasteiger charge is -2.16. The molecule has 0 amide bonds. The summed E-state index contributed by atoms with van der Waals surface area (Å²) in [6.45, 7) is 4.10. The summed E-state index contributed by atoms with van der Waals surface area (Å²) in [5.74, 6) is -0.247. The van der Waals surface area contributed by atoms with Crippen molar-refractivity contribution >= 4 is 0 Å². The minimum atomic E-state index is -0.273. The predicted molar refractivity (Wildman–Crippen MR) is 68.3 cm³/mol. The second kappa shape index (κ2) is 4.68. The second-order valence-corrected chi connectivity index (χ2v) is 4.32. The van der Waals surface area contributed by atoms with Crippen LogP contribution in [0.1, 0.15) is 28.3 Å². The number of hydrogen-bond acceptors (Lipinski definition) is 1. The molecule has 0 radical (unpaired) electrons. The fraction of sp³-hybridized carbons (Fsp3) is 0.200. The highest BCUT2D eigenvalue weighted by Crippen LogP contribution is 2.24. The van der Waals surface area contributed by atoms with Crippen molar-refractivity contribution in [2.75, 3.05) is 0 Å². The maximum Gasteiger partial charge on any atom is 0.123 e. The summed E-state index contributed by atoms with van der Waals surface area (Å²) in [7, 11) is 0. The van der Waals surface area contributed by atoms with Crippen molar-refractivity contribution in [1.29, 1.82) is 0 Å². The Balaban J connectivity index is 2.44. The van der Waals surface area contributed by atoms with Crippen molar-refractivity contribution in [2.45, 2.75) is 19.9 Å². The molecule has 88 valence electrons. The molecule has 0 bridgehead atoms. The standard InChI is InChI=1S/C15H16FN/c1-10-5-3-8-14(11(10)2)15(17)12-6-4-7-13(16)9-12/h3-9,15H,17H2,1-2H3. The van der Waals surface area contributed by atoms with Gasteiger partial charge in [-0.05, 0) is 48.2 Å². The normalized spacial score (nSPS) is 12.5. The van der Waals surface area contributed by atoms with E-state index in [1.165, 1.54) is 23.3 Å². The second-order valence-electron chi connectivity index (χ2n) is 4.32. The molecule has 2 aromatic carbocycles. The molecule has 0 saturated carbocycles. The Bertz CT molecular complexity index is 534. The van der Waals surface area contributed by atoms with Crippen molar-refractivity contribution in [2.24, 2.45) is 5.73 Å². The molecule has 0 spiro atoms. The Morgan fingerprint density at radius 3 is 2.47 bits per heavy atom. The van der Waals surface area contributed by atoms with Crippen molar-refractivity contribution in [1.82, 2.24) is 0 Å². The lowest BCUT2D eigenvalue weighted by molar-refractivity contribution is 0.623. The van der Waals surface area contributed by atoms with Crippen LogP contribution in [0.5, 0.6) is 0 Å². The van der Waals surface area contributed by atoms with Crippen LogP contribution in [0.15, 0.2) is 42.5 Å². The summed E-state index contributed by atoms with van der Waals surface area (Å²) >= 11 is 0. The molecule has 2 rings (SSSR count). The van der Waals surface area contributed by atoms with Crippen LogP contribution in [0.25, 0.3) is 0 Å². The van der Waals surface area contributed by atoms with Crippen LogP contribution in [-0.2, 0) is 0 Å². The van der Waals surface area contributed by atoms with Gasteiger partial charge in [-0.2, -0.15) is 0 Å². The molecule has 1 nitrogen and oxygen atoms in total.